The molecule has 0 aliphatic heterocycles. The summed E-state index contributed by atoms with van der Waals surface area (Å²) in [6, 6.07) is 15.6. The quantitative estimate of drug-likeness (QED) is 0.682. The van der Waals surface area contributed by atoms with Gasteiger partial charge in [-0.3, -0.25) is 9.48 Å². The summed E-state index contributed by atoms with van der Waals surface area (Å²) in [6.07, 6.45) is 0. The van der Waals surface area contributed by atoms with Gasteiger partial charge in [0.1, 0.15) is 5.82 Å². The lowest BCUT2D eigenvalue weighted by atomic mass is 10.1. The van der Waals surface area contributed by atoms with Crippen molar-refractivity contribution in [2.24, 2.45) is 7.05 Å². The Morgan fingerprint density at radius 3 is 2.18 bits per heavy atom. The number of hydrogen-bond acceptors (Lipinski definition) is 2. The van der Waals surface area contributed by atoms with Crippen LogP contribution in [0.1, 0.15) is 17.3 Å². The van der Waals surface area contributed by atoms with Crippen molar-refractivity contribution < 1.29 is 9.18 Å². The Labute approximate surface area is 128 Å². The molecule has 0 unspecified atom stereocenters. The summed E-state index contributed by atoms with van der Waals surface area (Å²) in [5.74, 6) is -0.217. The van der Waals surface area contributed by atoms with E-state index in [9.17, 15) is 9.18 Å². The smallest absolute Gasteiger partial charge is 0.159 e. The zero-order valence-corrected chi connectivity index (χ0v) is 12.4. The van der Waals surface area contributed by atoms with Gasteiger partial charge in [0.2, 0.25) is 0 Å². The maximum absolute atomic E-state index is 13.0. The summed E-state index contributed by atoms with van der Waals surface area (Å²) in [6.45, 7) is 1.54. The average molecular weight is 294 g/mol. The van der Waals surface area contributed by atoms with Crippen LogP contribution in [0.3, 0.4) is 0 Å². The van der Waals surface area contributed by atoms with E-state index in [0.717, 1.165) is 22.5 Å². The molecule has 0 radical (unpaired) electrons. The highest BCUT2D eigenvalue weighted by Crippen LogP contribution is 2.26. The van der Waals surface area contributed by atoms with Crippen molar-refractivity contribution in [2.75, 3.05) is 0 Å². The molecule has 0 aliphatic rings. The van der Waals surface area contributed by atoms with Crippen LogP contribution in [0.15, 0.2) is 54.6 Å². The molecule has 3 aromatic rings. The highest BCUT2D eigenvalue weighted by Gasteiger charge is 2.10. The molecule has 1 aromatic heterocycles. The Morgan fingerprint density at radius 1 is 1.00 bits per heavy atom. The normalized spacial score (nSPS) is 10.7. The number of ketones is 1. The van der Waals surface area contributed by atoms with E-state index in [1.807, 2.05) is 25.2 Å². The minimum atomic E-state index is -0.258. The van der Waals surface area contributed by atoms with E-state index >= 15 is 0 Å². The largest absolute Gasteiger partial charge is 0.295 e. The van der Waals surface area contributed by atoms with Gasteiger partial charge in [-0.2, -0.15) is 5.10 Å². The number of rotatable bonds is 3. The fourth-order valence-electron chi connectivity index (χ4n) is 2.37. The number of Topliss-reactive ketones (excluding diaryl/α,β-unsaturated/α-hetero) is 1. The molecule has 4 heteroatoms. The van der Waals surface area contributed by atoms with Crippen molar-refractivity contribution >= 4 is 5.78 Å². The monoisotopic (exact) mass is 294 g/mol. The third-order valence-electron chi connectivity index (χ3n) is 3.61. The van der Waals surface area contributed by atoms with Gasteiger partial charge in [0.25, 0.3) is 0 Å². The van der Waals surface area contributed by atoms with E-state index in [4.69, 9.17) is 0 Å². The van der Waals surface area contributed by atoms with Gasteiger partial charge in [-0.15, -0.1) is 0 Å². The number of nitrogens with zero attached hydrogens (tertiary/aromatic N) is 2. The summed E-state index contributed by atoms with van der Waals surface area (Å²) in [7, 11) is 1.85. The third-order valence-corrected chi connectivity index (χ3v) is 3.61. The lowest BCUT2D eigenvalue weighted by Gasteiger charge is -2.00. The van der Waals surface area contributed by atoms with Crippen LogP contribution < -0.4 is 0 Å². The highest BCUT2D eigenvalue weighted by molar-refractivity contribution is 5.94. The molecule has 0 amide bonds. The molecule has 0 N–H and O–H groups in total. The number of halogens is 1. The van der Waals surface area contributed by atoms with Crippen molar-refractivity contribution in [1.82, 2.24) is 9.78 Å². The molecule has 0 fully saturated rings. The number of benzene rings is 2. The lowest BCUT2D eigenvalue weighted by molar-refractivity contribution is 0.101. The second-order valence-corrected chi connectivity index (χ2v) is 5.18. The summed E-state index contributed by atoms with van der Waals surface area (Å²) in [5, 5.41) is 4.49. The Hall–Kier alpha value is -2.75. The molecule has 3 rings (SSSR count). The molecule has 0 bridgehead atoms. The van der Waals surface area contributed by atoms with Crippen molar-refractivity contribution in [1.29, 1.82) is 0 Å². The summed E-state index contributed by atoms with van der Waals surface area (Å²) >= 11 is 0. The van der Waals surface area contributed by atoms with Crippen LogP contribution in [0.2, 0.25) is 0 Å². The van der Waals surface area contributed by atoms with Crippen LogP contribution in [0.4, 0.5) is 4.39 Å². The van der Waals surface area contributed by atoms with E-state index < -0.39 is 0 Å². The molecule has 0 saturated carbocycles. The predicted molar refractivity (Wildman–Crippen MR) is 84.0 cm³/mol. The van der Waals surface area contributed by atoms with Gasteiger partial charge in [-0.1, -0.05) is 24.3 Å². The van der Waals surface area contributed by atoms with Crippen LogP contribution in [-0.2, 0) is 7.05 Å². The second kappa shape index (κ2) is 5.56. The molecule has 2 aromatic carbocycles. The topological polar surface area (TPSA) is 34.9 Å². The highest BCUT2D eigenvalue weighted by atomic mass is 19.1. The molecular weight excluding hydrogens is 279 g/mol. The van der Waals surface area contributed by atoms with Crippen LogP contribution in [0.5, 0.6) is 0 Å². The average Bonchev–Trinajstić information content (AvgIpc) is 2.90. The summed E-state index contributed by atoms with van der Waals surface area (Å²) < 4.78 is 14.8. The van der Waals surface area contributed by atoms with Gasteiger partial charge < -0.3 is 0 Å². The molecule has 110 valence electrons. The molecule has 1 heterocycles. The molecule has 3 nitrogen and oxygen atoms in total. The summed E-state index contributed by atoms with van der Waals surface area (Å²) in [5.41, 5.74) is 4.25. The standard InChI is InChI=1S/C18H15FN2O/c1-12(22)13-3-5-14(6-4-13)17-11-18(21(2)20-17)15-7-9-16(19)10-8-15/h3-11H,1-2H3. The Bertz CT molecular complexity index is 817. The predicted octanol–water partition coefficient (Wildman–Crippen LogP) is 4.10. The lowest BCUT2D eigenvalue weighted by Crippen LogP contribution is -1.94. The fraction of sp³-hybridized carbons (Fsp3) is 0.111. The van der Waals surface area contributed by atoms with E-state index in [2.05, 4.69) is 5.10 Å². The first kappa shape index (κ1) is 14.2. The Balaban J connectivity index is 1.98. The van der Waals surface area contributed by atoms with Gasteiger partial charge in [0, 0.05) is 18.2 Å². The first-order valence-electron chi connectivity index (χ1n) is 6.96. The number of hydrogen-bond donors (Lipinski definition) is 0. The van der Waals surface area contributed by atoms with Gasteiger partial charge in [-0.25, -0.2) is 4.39 Å². The minimum Gasteiger partial charge on any atom is -0.295 e. The van der Waals surface area contributed by atoms with Gasteiger partial charge in [0.05, 0.1) is 11.4 Å². The third kappa shape index (κ3) is 2.68. The minimum absolute atomic E-state index is 0.0413. The second-order valence-electron chi connectivity index (χ2n) is 5.18. The maximum atomic E-state index is 13.0. The fourth-order valence-corrected chi connectivity index (χ4v) is 2.37. The van der Waals surface area contributed by atoms with Crippen LogP contribution in [-0.4, -0.2) is 15.6 Å². The zero-order chi connectivity index (χ0) is 15.7. The zero-order valence-electron chi connectivity index (χ0n) is 12.4. The van der Waals surface area contributed by atoms with Crippen LogP contribution in [0, 0.1) is 5.82 Å². The van der Waals surface area contributed by atoms with Gasteiger partial charge in [0.15, 0.2) is 5.78 Å². The van der Waals surface area contributed by atoms with Crippen molar-refractivity contribution in [3.8, 4) is 22.5 Å². The molecular formula is C18H15FN2O. The molecule has 0 atom stereocenters. The first-order valence-corrected chi connectivity index (χ1v) is 6.96. The Morgan fingerprint density at radius 2 is 1.59 bits per heavy atom. The molecule has 22 heavy (non-hydrogen) atoms. The van der Waals surface area contributed by atoms with Crippen molar-refractivity contribution in [3.63, 3.8) is 0 Å². The van der Waals surface area contributed by atoms with Crippen LogP contribution >= 0.6 is 0 Å². The van der Waals surface area contributed by atoms with Gasteiger partial charge in [-0.05, 0) is 42.8 Å². The number of aromatic nitrogens is 2. The van der Waals surface area contributed by atoms with E-state index in [1.54, 1.807) is 35.9 Å². The molecule has 0 aliphatic carbocycles. The van der Waals surface area contributed by atoms with E-state index in [-0.39, 0.29) is 11.6 Å². The van der Waals surface area contributed by atoms with Gasteiger partial charge >= 0.3 is 0 Å². The van der Waals surface area contributed by atoms with Crippen molar-refractivity contribution in [3.05, 3.63) is 66.0 Å². The summed E-state index contributed by atoms with van der Waals surface area (Å²) in [4.78, 5) is 11.3. The van der Waals surface area contributed by atoms with E-state index in [0.29, 0.717) is 5.56 Å². The van der Waals surface area contributed by atoms with E-state index in [1.165, 1.54) is 12.1 Å². The van der Waals surface area contributed by atoms with Crippen LogP contribution in [0.25, 0.3) is 22.5 Å². The first-order chi connectivity index (χ1) is 10.5. The molecule has 0 spiro atoms. The SMILES string of the molecule is CC(=O)c1ccc(-c2cc(-c3ccc(F)cc3)n(C)n2)cc1. The molecule has 0 saturated heterocycles. The Kier molecular flexibility index (Phi) is 3.59. The number of aryl methyl sites for hydroxylation is 1. The number of carbonyl (C=O) groups excluding carboxylic acids is 1. The number of carbonyl (C=O) groups is 1. The maximum Gasteiger partial charge on any atom is 0.159 e. The van der Waals surface area contributed by atoms with Crippen molar-refractivity contribution in [2.45, 2.75) is 6.92 Å².